The maximum absolute atomic E-state index is 11.2. The molecule has 2 heteroatoms. The Hall–Kier alpha value is -0.790. The fourth-order valence-corrected chi connectivity index (χ4v) is 1.22. The van der Waals surface area contributed by atoms with Crippen LogP contribution in [0.2, 0.25) is 0 Å². The van der Waals surface area contributed by atoms with Crippen molar-refractivity contribution in [1.82, 2.24) is 0 Å². The predicted octanol–water partition coefficient (Wildman–Crippen LogP) is 2.30. The second kappa shape index (κ2) is 3.74. The second-order valence-electron chi connectivity index (χ2n) is 3.30. The summed E-state index contributed by atoms with van der Waals surface area (Å²) in [5.74, 6) is 0.510. The number of esters is 1. The molecule has 0 atom stereocenters. The molecule has 0 aliphatic heterocycles. The summed E-state index contributed by atoms with van der Waals surface area (Å²) >= 11 is 0. The summed E-state index contributed by atoms with van der Waals surface area (Å²) in [7, 11) is 0. The van der Waals surface area contributed by atoms with Crippen molar-refractivity contribution in [2.24, 2.45) is 5.92 Å². The highest BCUT2D eigenvalue weighted by Gasteiger charge is 2.26. The summed E-state index contributed by atoms with van der Waals surface area (Å²) in [6, 6.07) is 0. The van der Waals surface area contributed by atoms with Crippen LogP contribution in [0.1, 0.15) is 33.6 Å². The molecule has 2 nitrogen and oxygen atoms in total. The molecule has 0 heterocycles. The average molecular weight is 168 g/mol. The van der Waals surface area contributed by atoms with Crippen molar-refractivity contribution in [2.75, 3.05) is 6.61 Å². The quantitative estimate of drug-likeness (QED) is 0.477. The SMILES string of the molecule is CCOC(=O)C(C)=C(C)C1CC1. The third-order valence-electron chi connectivity index (χ3n) is 2.36. The van der Waals surface area contributed by atoms with Crippen LogP contribution in [0.3, 0.4) is 0 Å². The van der Waals surface area contributed by atoms with Crippen molar-refractivity contribution in [3.8, 4) is 0 Å². The standard InChI is InChI=1S/C10H16O2/c1-4-12-10(11)8(3)7(2)9-5-6-9/h9H,4-6H2,1-3H3. The first-order valence-electron chi connectivity index (χ1n) is 4.51. The summed E-state index contributed by atoms with van der Waals surface area (Å²) in [4.78, 5) is 11.2. The van der Waals surface area contributed by atoms with Gasteiger partial charge in [-0.2, -0.15) is 0 Å². The number of hydrogen-bond acceptors (Lipinski definition) is 2. The molecule has 0 radical (unpaired) electrons. The lowest BCUT2D eigenvalue weighted by Gasteiger charge is -2.05. The zero-order valence-corrected chi connectivity index (χ0v) is 8.02. The molecule has 0 saturated heterocycles. The van der Waals surface area contributed by atoms with Crippen molar-refractivity contribution in [1.29, 1.82) is 0 Å². The van der Waals surface area contributed by atoms with Gasteiger partial charge in [-0.25, -0.2) is 4.79 Å². The highest BCUT2D eigenvalue weighted by Crippen LogP contribution is 2.37. The van der Waals surface area contributed by atoms with Gasteiger partial charge in [-0.15, -0.1) is 0 Å². The van der Waals surface area contributed by atoms with E-state index in [4.69, 9.17) is 4.74 Å². The topological polar surface area (TPSA) is 26.3 Å². The van der Waals surface area contributed by atoms with Crippen LogP contribution in [0.15, 0.2) is 11.1 Å². The first-order valence-corrected chi connectivity index (χ1v) is 4.51. The monoisotopic (exact) mass is 168 g/mol. The van der Waals surface area contributed by atoms with Crippen molar-refractivity contribution in [3.05, 3.63) is 11.1 Å². The summed E-state index contributed by atoms with van der Waals surface area (Å²) in [5.41, 5.74) is 2.02. The first-order chi connectivity index (χ1) is 5.66. The zero-order valence-electron chi connectivity index (χ0n) is 8.02. The molecule has 68 valence electrons. The summed E-state index contributed by atoms with van der Waals surface area (Å²) in [5, 5.41) is 0. The van der Waals surface area contributed by atoms with Gasteiger partial charge in [-0.05, 0) is 39.5 Å². The Balaban J connectivity index is 2.59. The minimum atomic E-state index is -0.151. The molecule has 0 unspecified atom stereocenters. The zero-order chi connectivity index (χ0) is 9.14. The third-order valence-corrected chi connectivity index (χ3v) is 2.36. The Morgan fingerprint density at radius 1 is 1.42 bits per heavy atom. The fraction of sp³-hybridized carbons (Fsp3) is 0.700. The molecule has 0 aromatic heterocycles. The lowest BCUT2D eigenvalue weighted by molar-refractivity contribution is -0.138. The molecule has 0 N–H and O–H groups in total. The van der Waals surface area contributed by atoms with Gasteiger partial charge >= 0.3 is 5.97 Å². The van der Waals surface area contributed by atoms with E-state index in [-0.39, 0.29) is 5.97 Å². The smallest absolute Gasteiger partial charge is 0.333 e. The van der Waals surface area contributed by atoms with Crippen LogP contribution < -0.4 is 0 Å². The molecular weight excluding hydrogens is 152 g/mol. The van der Waals surface area contributed by atoms with Crippen LogP contribution in [0.25, 0.3) is 0 Å². The van der Waals surface area contributed by atoms with Gasteiger partial charge in [0.05, 0.1) is 6.61 Å². The lowest BCUT2D eigenvalue weighted by Crippen LogP contribution is -2.07. The molecule has 1 aliphatic rings. The van der Waals surface area contributed by atoms with Crippen molar-refractivity contribution < 1.29 is 9.53 Å². The van der Waals surface area contributed by atoms with Gasteiger partial charge in [0.25, 0.3) is 0 Å². The van der Waals surface area contributed by atoms with E-state index in [1.807, 2.05) is 20.8 Å². The van der Waals surface area contributed by atoms with Gasteiger partial charge in [0.2, 0.25) is 0 Å². The van der Waals surface area contributed by atoms with Crippen molar-refractivity contribution in [3.63, 3.8) is 0 Å². The maximum Gasteiger partial charge on any atom is 0.333 e. The largest absolute Gasteiger partial charge is 0.463 e. The maximum atomic E-state index is 11.2. The molecule has 0 spiro atoms. The van der Waals surface area contributed by atoms with E-state index >= 15 is 0 Å². The number of hydrogen-bond donors (Lipinski definition) is 0. The van der Waals surface area contributed by atoms with Crippen molar-refractivity contribution in [2.45, 2.75) is 33.6 Å². The van der Waals surface area contributed by atoms with E-state index in [1.165, 1.54) is 18.4 Å². The molecule has 1 saturated carbocycles. The molecule has 0 aromatic carbocycles. The van der Waals surface area contributed by atoms with Gasteiger partial charge in [0.15, 0.2) is 0 Å². The predicted molar refractivity (Wildman–Crippen MR) is 47.7 cm³/mol. The van der Waals surface area contributed by atoms with Crippen LogP contribution in [0, 0.1) is 5.92 Å². The number of allylic oxidation sites excluding steroid dienone is 1. The Bertz CT molecular complexity index is 212. The minimum Gasteiger partial charge on any atom is -0.463 e. The number of carbonyl (C=O) groups excluding carboxylic acids is 1. The highest BCUT2D eigenvalue weighted by atomic mass is 16.5. The lowest BCUT2D eigenvalue weighted by atomic mass is 10.1. The molecule has 0 amide bonds. The van der Waals surface area contributed by atoms with E-state index < -0.39 is 0 Å². The fourth-order valence-electron chi connectivity index (χ4n) is 1.22. The van der Waals surface area contributed by atoms with Crippen LogP contribution in [-0.4, -0.2) is 12.6 Å². The van der Waals surface area contributed by atoms with Gasteiger partial charge in [-0.3, -0.25) is 0 Å². The Morgan fingerprint density at radius 2 is 2.00 bits per heavy atom. The third kappa shape index (κ3) is 2.10. The van der Waals surface area contributed by atoms with Gasteiger partial charge in [-0.1, -0.05) is 5.57 Å². The highest BCUT2D eigenvalue weighted by molar-refractivity contribution is 5.88. The first kappa shape index (κ1) is 9.30. The van der Waals surface area contributed by atoms with Crippen LogP contribution in [0.4, 0.5) is 0 Å². The molecule has 1 rings (SSSR count). The molecule has 1 fully saturated rings. The summed E-state index contributed by atoms with van der Waals surface area (Å²) in [6.45, 7) is 6.18. The molecule has 12 heavy (non-hydrogen) atoms. The van der Waals surface area contributed by atoms with Crippen LogP contribution in [-0.2, 0) is 9.53 Å². The summed E-state index contributed by atoms with van der Waals surface area (Å²) in [6.07, 6.45) is 2.48. The Morgan fingerprint density at radius 3 is 2.42 bits per heavy atom. The number of rotatable bonds is 3. The van der Waals surface area contributed by atoms with E-state index in [9.17, 15) is 4.79 Å². The van der Waals surface area contributed by atoms with E-state index in [0.29, 0.717) is 12.5 Å². The van der Waals surface area contributed by atoms with E-state index in [0.717, 1.165) is 5.57 Å². The molecular formula is C10H16O2. The molecule has 0 aromatic rings. The molecule has 0 bridgehead atoms. The minimum absolute atomic E-state index is 0.151. The van der Waals surface area contributed by atoms with Crippen LogP contribution >= 0.6 is 0 Å². The van der Waals surface area contributed by atoms with E-state index in [1.54, 1.807) is 0 Å². The average Bonchev–Trinajstić information content (AvgIpc) is 2.84. The normalized spacial score (nSPS) is 18.6. The Kier molecular flexibility index (Phi) is 2.90. The number of carbonyl (C=O) groups is 1. The second-order valence-corrected chi connectivity index (χ2v) is 3.30. The van der Waals surface area contributed by atoms with E-state index in [2.05, 4.69) is 0 Å². The van der Waals surface area contributed by atoms with Crippen molar-refractivity contribution >= 4 is 5.97 Å². The van der Waals surface area contributed by atoms with Gasteiger partial charge < -0.3 is 4.74 Å². The summed E-state index contributed by atoms with van der Waals surface area (Å²) < 4.78 is 4.91. The Labute approximate surface area is 73.6 Å². The van der Waals surface area contributed by atoms with Gasteiger partial charge in [0.1, 0.15) is 0 Å². The molecule has 1 aliphatic carbocycles. The van der Waals surface area contributed by atoms with Crippen LogP contribution in [0.5, 0.6) is 0 Å². The number of ether oxygens (including phenoxy) is 1. The van der Waals surface area contributed by atoms with Gasteiger partial charge in [0, 0.05) is 5.57 Å².